The van der Waals surface area contributed by atoms with E-state index in [-0.39, 0.29) is 6.10 Å². The second-order valence-corrected chi connectivity index (χ2v) is 7.05. The van der Waals surface area contributed by atoms with Gasteiger partial charge in [-0.3, -0.25) is 10.00 Å². The van der Waals surface area contributed by atoms with Crippen molar-refractivity contribution < 1.29 is 4.74 Å². The highest BCUT2D eigenvalue weighted by Crippen LogP contribution is 2.20. The molecule has 8 heteroatoms. The average molecular weight is 375 g/mol. The molecule has 1 aliphatic rings. The van der Waals surface area contributed by atoms with Gasteiger partial charge in [-0.1, -0.05) is 42.5 Å². The Kier molecular flexibility index (Phi) is 4.56. The van der Waals surface area contributed by atoms with Crippen molar-refractivity contribution in [2.45, 2.75) is 19.2 Å². The predicted molar refractivity (Wildman–Crippen MR) is 103 cm³/mol. The van der Waals surface area contributed by atoms with E-state index in [1.807, 2.05) is 18.3 Å². The Balaban J connectivity index is 1.26. The first-order valence-corrected chi connectivity index (χ1v) is 9.41. The fraction of sp³-hybridized carbons (Fsp3) is 0.300. The first kappa shape index (κ1) is 17.0. The molecule has 2 aromatic heterocycles. The third-order valence-electron chi connectivity index (χ3n) is 4.99. The summed E-state index contributed by atoms with van der Waals surface area (Å²) in [4.78, 5) is 3.99. The summed E-state index contributed by atoms with van der Waals surface area (Å²) in [5.74, 6) is 0.639. The SMILES string of the molecule is c1ccc(CN2CCOC(c3nnn(Cc4ccc5cn[nH]c5c4)n3)C2)cc1. The standard InChI is InChI=1S/C20H21N7O/c1-2-4-15(5-3-1)12-26-8-9-28-19(14-26)20-23-25-27(24-20)13-16-6-7-17-11-21-22-18(17)10-16/h1-7,10-11,19H,8-9,12-14H2,(H,21,22). The van der Waals surface area contributed by atoms with Crippen LogP contribution in [-0.4, -0.2) is 55.0 Å². The molecule has 4 aromatic rings. The van der Waals surface area contributed by atoms with Crippen LogP contribution in [0.3, 0.4) is 0 Å². The highest BCUT2D eigenvalue weighted by atomic mass is 16.5. The van der Waals surface area contributed by atoms with E-state index in [2.05, 4.69) is 66.9 Å². The Morgan fingerprint density at radius 2 is 2.00 bits per heavy atom. The molecule has 3 heterocycles. The Bertz CT molecular complexity index is 1060. The molecule has 1 N–H and O–H groups in total. The molecule has 1 saturated heterocycles. The molecule has 2 aromatic carbocycles. The largest absolute Gasteiger partial charge is 0.367 e. The fourth-order valence-corrected chi connectivity index (χ4v) is 3.54. The number of nitrogens with zero attached hydrogens (tertiary/aromatic N) is 6. The fourth-order valence-electron chi connectivity index (χ4n) is 3.54. The van der Waals surface area contributed by atoms with Gasteiger partial charge in [0.2, 0.25) is 5.82 Å². The molecular formula is C20H21N7O. The van der Waals surface area contributed by atoms with Crippen LogP contribution in [0, 0.1) is 0 Å². The lowest BCUT2D eigenvalue weighted by atomic mass is 10.2. The van der Waals surface area contributed by atoms with Gasteiger partial charge in [-0.15, -0.1) is 10.2 Å². The van der Waals surface area contributed by atoms with E-state index in [1.165, 1.54) is 5.56 Å². The molecule has 142 valence electrons. The summed E-state index contributed by atoms with van der Waals surface area (Å²) in [6.45, 7) is 3.80. The van der Waals surface area contributed by atoms with Gasteiger partial charge in [0.25, 0.3) is 0 Å². The second-order valence-electron chi connectivity index (χ2n) is 7.05. The summed E-state index contributed by atoms with van der Waals surface area (Å²) in [5, 5.41) is 21.1. The minimum Gasteiger partial charge on any atom is -0.367 e. The summed E-state index contributed by atoms with van der Waals surface area (Å²) < 4.78 is 5.91. The maximum atomic E-state index is 5.91. The number of nitrogens with one attached hydrogen (secondary N) is 1. The number of H-pyrrole nitrogens is 1. The van der Waals surface area contributed by atoms with Crippen molar-refractivity contribution in [2.75, 3.05) is 19.7 Å². The van der Waals surface area contributed by atoms with Crippen molar-refractivity contribution in [1.82, 2.24) is 35.3 Å². The van der Waals surface area contributed by atoms with Gasteiger partial charge in [-0.2, -0.15) is 9.90 Å². The van der Waals surface area contributed by atoms with Crippen molar-refractivity contribution in [3.05, 3.63) is 71.7 Å². The van der Waals surface area contributed by atoms with Crippen molar-refractivity contribution in [2.24, 2.45) is 0 Å². The zero-order valence-electron chi connectivity index (χ0n) is 15.4. The molecular weight excluding hydrogens is 354 g/mol. The Morgan fingerprint density at radius 1 is 1.07 bits per heavy atom. The van der Waals surface area contributed by atoms with E-state index in [9.17, 15) is 0 Å². The Hall–Kier alpha value is -3.10. The van der Waals surface area contributed by atoms with Crippen LogP contribution >= 0.6 is 0 Å². The minimum absolute atomic E-state index is 0.152. The number of aromatic nitrogens is 6. The normalized spacial score (nSPS) is 17.9. The minimum atomic E-state index is -0.152. The number of benzene rings is 2. The molecule has 1 unspecified atom stereocenters. The average Bonchev–Trinajstić information content (AvgIpc) is 3.38. The summed E-state index contributed by atoms with van der Waals surface area (Å²) in [6, 6.07) is 16.6. The maximum absolute atomic E-state index is 5.91. The number of hydrogen-bond acceptors (Lipinski definition) is 6. The summed E-state index contributed by atoms with van der Waals surface area (Å²) in [7, 11) is 0. The molecule has 8 nitrogen and oxygen atoms in total. The van der Waals surface area contributed by atoms with Crippen molar-refractivity contribution in [3.8, 4) is 0 Å². The first-order chi connectivity index (χ1) is 13.8. The van der Waals surface area contributed by atoms with Crippen LogP contribution in [0.15, 0.2) is 54.7 Å². The third kappa shape index (κ3) is 3.64. The highest BCUT2D eigenvalue weighted by molar-refractivity contribution is 5.78. The quantitative estimate of drug-likeness (QED) is 0.575. The van der Waals surface area contributed by atoms with Gasteiger partial charge in [0.1, 0.15) is 6.10 Å². The van der Waals surface area contributed by atoms with E-state index < -0.39 is 0 Å². The van der Waals surface area contributed by atoms with Crippen LogP contribution in [0.25, 0.3) is 10.9 Å². The van der Waals surface area contributed by atoms with E-state index in [1.54, 1.807) is 4.80 Å². The summed E-state index contributed by atoms with van der Waals surface area (Å²) in [5.41, 5.74) is 3.40. The number of hydrogen-bond donors (Lipinski definition) is 1. The molecule has 1 fully saturated rings. The van der Waals surface area contributed by atoms with Gasteiger partial charge in [0.05, 0.1) is 24.9 Å². The van der Waals surface area contributed by atoms with E-state index in [0.717, 1.165) is 36.1 Å². The lowest BCUT2D eigenvalue weighted by Crippen LogP contribution is -2.38. The van der Waals surface area contributed by atoms with Crippen molar-refractivity contribution in [1.29, 1.82) is 0 Å². The molecule has 0 amide bonds. The monoisotopic (exact) mass is 375 g/mol. The Labute approximate surface area is 162 Å². The van der Waals surface area contributed by atoms with Crippen LogP contribution < -0.4 is 0 Å². The van der Waals surface area contributed by atoms with Gasteiger partial charge >= 0.3 is 0 Å². The van der Waals surface area contributed by atoms with Gasteiger partial charge in [-0.25, -0.2) is 0 Å². The number of aromatic amines is 1. The number of tetrazole rings is 1. The van der Waals surface area contributed by atoms with Crippen LogP contribution in [-0.2, 0) is 17.8 Å². The lowest BCUT2D eigenvalue weighted by molar-refractivity contribution is -0.0373. The molecule has 5 rings (SSSR count). The number of ether oxygens (including phenoxy) is 1. The van der Waals surface area contributed by atoms with Gasteiger partial charge in [0.15, 0.2) is 0 Å². The van der Waals surface area contributed by atoms with E-state index >= 15 is 0 Å². The van der Waals surface area contributed by atoms with Gasteiger partial charge < -0.3 is 4.74 Å². The molecule has 1 atom stereocenters. The van der Waals surface area contributed by atoms with Crippen LogP contribution in [0.2, 0.25) is 0 Å². The number of morpholine rings is 1. The summed E-state index contributed by atoms with van der Waals surface area (Å²) >= 11 is 0. The zero-order chi connectivity index (χ0) is 18.8. The molecule has 1 aliphatic heterocycles. The third-order valence-corrected chi connectivity index (χ3v) is 4.99. The second kappa shape index (κ2) is 7.49. The van der Waals surface area contributed by atoms with Gasteiger partial charge in [-0.05, 0) is 22.4 Å². The smallest absolute Gasteiger partial charge is 0.204 e. The topological polar surface area (TPSA) is 84.8 Å². The number of fused-ring (bicyclic) bond motifs is 1. The Morgan fingerprint density at radius 3 is 2.93 bits per heavy atom. The van der Waals surface area contributed by atoms with E-state index in [4.69, 9.17) is 4.74 Å². The van der Waals surface area contributed by atoms with E-state index in [0.29, 0.717) is 19.0 Å². The molecule has 28 heavy (non-hydrogen) atoms. The van der Waals surface area contributed by atoms with Crippen molar-refractivity contribution in [3.63, 3.8) is 0 Å². The molecule has 0 saturated carbocycles. The van der Waals surface area contributed by atoms with Gasteiger partial charge in [0, 0.05) is 25.0 Å². The highest BCUT2D eigenvalue weighted by Gasteiger charge is 2.25. The molecule has 0 aliphatic carbocycles. The predicted octanol–water partition coefficient (Wildman–Crippen LogP) is 2.17. The van der Waals surface area contributed by atoms with Crippen LogP contribution in [0.1, 0.15) is 23.1 Å². The molecule has 0 bridgehead atoms. The number of rotatable bonds is 5. The first-order valence-electron chi connectivity index (χ1n) is 9.41. The molecule has 0 radical (unpaired) electrons. The van der Waals surface area contributed by atoms with Crippen LogP contribution in [0.5, 0.6) is 0 Å². The maximum Gasteiger partial charge on any atom is 0.204 e. The summed E-state index contributed by atoms with van der Waals surface area (Å²) in [6.07, 6.45) is 1.66. The molecule has 0 spiro atoms. The van der Waals surface area contributed by atoms with Crippen molar-refractivity contribution >= 4 is 10.9 Å². The zero-order valence-corrected chi connectivity index (χ0v) is 15.4. The lowest BCUT2D eigenvalue weighted by Gasteiger charge is -2.31. The van der Waals surface area contributed by atoms with Crippen LogP contribution in [0.4, 0.5) is 0 Å².